The van der Waals surface area contributed by atoms with Crippen molar-refractivity contribution < 1.29 is 33.5 Å². The lowest BCUT2D eigenvalue weighted by atomic mass is 9.58. The van der Waals surface area contributed by atoms with E-state index < -0.39 is 24.0 Å². The Labute approximate surface area is 160 Å². The smallest absolute Gasteiger partial charge is 0.310 e. The highest BCUT2D eigenvalue weighted by Crippen LogP contribution is 2.60. The molecule has 4 aliphatic heterocycles. The molecule has 1 unspecified atom stereocenters. The minimum Gasteiger partial charge on any atom is -0.469 e. The molecule has 5 fully saturated rings. The van der Waals surface area contributed by atoms with Gasteiger partial charge in [-0.15, -0.1) is 0 Å². The van der Waals surface area contributed by atoms with Gasteiger partial charge in [0, 0.05) is 18.3 Å². The standard InChI is InChI=1S/C20H32O7/c1-11-6-7-15-13(3)17(23-10-12(2)16(21)22-5)24-18-20(15)14(11)8-9-19(4,25-18)26-27-20/h11-15,17-18H,6-10H2,1-5H3/t11-,12+,13-,14+,15+,17?,18-,19-,20-/m1/s1. The second kappa shape index (κ2) is 6.95. The van der Waals surface area contributed by atoms with E-state index in [2.05, 4.69) is 13.8 Å². The fourth-order valence-corrected chi connectivity index (χ4v) is 5.57. The zero-order chi connectivity index (χ0) is 19.4. The van der Waals surface area contributed by atoms with Gasteiger partial charge in [0.2, 0.25) is 5.79 Å². The van der Waals surface area contributed by atoms with Crippen molar-refractivity contribution in [2.24, 2.45) is 29.6 Å². The van der Waals surface area contributed by atoms with Crippen molar-refractivity contribution in [1.82, 2.24) is 0 Å². The maximum absolute atomic E-state index is 11.7. The lowest BCUT2D eigenvalue weighted by molar-refractivity contribution is -0.577. The summed E-state index contributed by atoms with van der Waals surface area (Å²) in [6.07, 6.45) is 3.00. The third-order valence-corrected chi connectivity index (χ3v) is 7.21. The molecule has 5 aliphatic rings. The first kappa shape index (κ1) is 19.6. The average molecular weight is 384 g/mol. The molecule has 1 aliphatic carbocycles. The summed E-state index contributed by atoms with van der Waals surface area (Å²) in [6.45, 7) is 8.39. The van der Waals surface area contributed by atoms with Crippen LogP contribution in [-0.2, 0) is 33.5 Å². The Morgan fingerprint density at radius 3 is 2.70 bits per heavy atom. The summed E-state index contributed by atoms with van der Waals surface area (Å²) in [5.41, 5.74) is -0.582. The zero-order valence-corrected chi connectivity index (χ0v) is 16.9. The van der Waals surface area contributed by atoms with Gasteiger partial charge in [-0.3, -0.25) is 4.79 Å². The third-order valence-electron chi connectivity index (χ3n) is 7.21. The van der Waals surface area contributed by atoms with E-state index >= 15 is 0 Å². The van der Waals surface area contributed by atoms with Gasteiger partial charge in [0.15, 0.2) is 18.2 Å². The van der Waals surface area contributed by atoms with Gasteiger partial charge >= 0.3 is 5.97 Å². The topological polar surface area (TPSA) is 72.5 Å². The Balaban J connectivity index is 1.57. The highest BCUT2D eigenvalue weighted by Gasteiger charge is 2.69. The van der Waals surface area contributed by atoms with Gasteiger partial charge in [0.05, 0.1) is 19.6 Å². The molecule has 0 radical (unpaired) electrons. The van der Waals surface area contributed by atoms with Crippen LogP contribution in [0.1, 0.15) is 53.4 Å². The van der Waals surface area contributed by atoms with Gasteiger partial charge in [-0.1, -0.05) is 13.8 Å². The Hall–Kier alpha value is -0.730. The number of hydrogen-bond acceptors (Lipinski definition) is 7. The number of hydrogen-bond donors (Lipinski definition) is 0. The van der Waals surface area contributed by atoms with Crippen LogP contribution >= 0.6 is 0 Å². The molecule has 0 amide bonds. The molecule has 154 valence electrons. The molecule has 1 spiro atoms. The summed E-state index contributed by atoms with van der Waals surface area (Å²) >= 11 is 0. The molecule has 7 heteroatoms. The highest BCUT2D eigenvalue weighted by molar-refractivity contribution is 5.71. The van der Waals surface area contributed by atoms with E-state index in [-0.39, 0.29) is 30.3 Å². The number of fused-ring (bicyclic) bond motifs is 2. The molecule has 4 heterocycles. The molecular formula is C20H32O7. The fraction of sp³-hybridized carbons (Fsp3) is 0.950. The van der Waals surface area contributed by atoms with E-state index in [0.29, 0.717) is 11.8 Å². The van der Waals surface area contributed by atoms with Crippen molar-refractivity contribution in [1.29, 1.82) is 0 Å². The van der Waals surface area contributed by atoms with E-state index in [1.807, 2.05) is 6.92 Å². The Kier molecular flexibility index (Phi) is 5.04. The van der Waals surface area contributed by atoms with E-state index in [9.17, 15) is 4.79 Å². The van der Waals surface area contributed by atoms with E-state index in [0.717, 1.165) is 25.7 Å². The van der Waals surface area contributed by atoms with E-state index in [1.54, 1.807) is 6.92 Å². The molecule has 0 N–H and O–H groups in total. The van der Waals surface area contributed by atoms with Crippen LogP contribution < -0.4 is 0 Å². The quantitative estimate of drug-likeness (QED) is 0.545. The molecule has 0 aromatic carbocycles. The molecule has 5 rings (SSSR count). The minimum atomic E-state index is -0.790. The maximum Gasteiger partial charge on any atom is 0.310 e. The SMILES string of the molecule is COC(=O)[C@@H](C)COC1O[C@@H]2O[C@@]3(C)CC[C@H]4[C@H](C)CC[C@@H]([C@H]1C)[C@@]24OO3. The second-order valence-corrected chi connectivity index (χ2v) is 9.03. The summed E-state index contributed by atoms with van der Waals surface area (Å²) in [7, 11) is 1.39. The van der Waals surface area contributed by atoms with Crippen molar-refractivity contribution in [3.63, 3.8) is 0 Å². The number of ether oxygens (including phenoxy) is 4. The van der Waals surface area contributed by atoms with Crippen molar-refractivity contribution in [3.05, 3.63) is 0 Å². The fourth-order valence-electron chi connectivity index (χ4n) is 5.57. The van der Waals surface area contributed by atoms with Crippen LogP contribution in [0, 0.1) is 29.6 Å². The Bertz CT molecular complexity index is 583. The molecule has 7 nitrogen and oxygen atoms in total. The predicted molar refractivity (Wildman–Crippen MR) is 94.0 cm³/mol. The van der Waals surface area contributed by atoms with Crippen molar-refractivity contribution in [2.75, 3.05) is 13.7 Å². The molecule has 27 heavy (non-hydrogen) atoms. The van der Waals surface area contributed by atoms with Gasteiger partial charge in [-0.25, -0.2) is 9.78 Å². The Morgan fingerprint density at radius 1 is 1.19 bits per heavy atom. The largest absolute Gasteiger partial charge is 0.469 e. The summed E-state index contributed by atoms with van der Waals surface area (Å²) < 4.78 is 23.4. The summed E-state index contributed by atoms with van der Waals surface area (Å²) in [6, 6.07) is 0. The first-order valence-electron chi connectivity index (χ1n) is 10.2. The molecule has 9 atom stereocenters. The predicted octanol–water partition coefficient (Wildman–Crippen LogP) is 3.02. The van der Waals surface area contributed by atoms with Crippen molar-refractivity contribution in [3.8, 4) is 0 Å². The number of carbonyl (C=O) groups excluding carboxylic acids is 1. The van der Waals surface area contributed by atoms with E-state index in [1.165, 1.54) is 7.11 Å². The summed E-state index contributed by atoms with van der Waals surface area (Å²) in [4.78, 5) is 23.6. The summed E-state index contributed by atoms with van der Waals surface area (Å²) in [5, 5.41) is 0. The van der Waals surface area contributed by atoms with Gasteiger partial charge in [-0.2, -0.15) is 0 Å². The van der Waals surface area contributed by atoms with Crippen LogP contribution in [0.2, 0.25) is 0 Å². The average Bonchev–Trinajstić information content (AvgIpc) is 2.88. The van der Waals surface area contributed by atoms with E-state index in [4.69, 9.17) is 28.7 Å². The van der Waals surface area contributed by atoms with Gasteiger partial charge in [0.1, 0.15) is 0 Å². The number of esters is 1. The second-order valence-electron chi connectivity index (χ2n) is 9.03. The van der Waals surface area contributed by atoms with Crippen LogP contribution in [-0.4, -0.2) is 43.7 Å². The van der Waals surface area contributed by atoms with Crippen LogP contribution in [0.5, 0.6) is 0 Å². The third kappa shape index (κ3) is 3.02. The molecular weight excluding hydrogens is 352 g/mol. The molecule has 4 saturated heterocycles. The zero-order valence-electron chi connectivity index (χ0n) is 16.9. The van der Waals surface area contributed by atoms with Gasteiger partial charge in [0.25, 0.3) is 0 Å². The van der Waals surface area contributed by atoms with Crippen molar-refractivity contribution in [2.45, 2.75) is 77.3 Å². The first-order valence-corrected chi connectivity index (χ1v) is 10.2. The lowest BCUT2D eigenvalue weighted by Gasteiger charge is -2.60. The van der Waals surface area contributed by atoms with Gasteiger partial charge < -0.3 is 18.9 Å². The minimum absolute atomic E-state index is 0.107. The maximum atomic E-state index is 11.7. The molecule has 0 aromatic rings. The number of carbonyl (C=O) groups is 1. The first-order chi connectivity index (χ1) is 12.8. The monoisotopic (exact) mass is 384 g/mol. The van der Waals surface area contributed by atoms with Crippen LogP contribution in [0.4, 0.5) is 0 Å². The van der Waals surface area contributed by atoms with Crippen LogP contribution in [0.25, 0.3) is 0 Å². The molecule has 1 saturated carbocycles. The number of methoxy groups -OCH3 is 1. The molecule has 2 bridgehead atoms. The molecule has 0 aromatic heterocycles. The van der Waals surface area contributed by atoms with Crippen LogP contribution in [0.15, 0.2) is 0 Å². The normalized spacial score (nSPS) is 49.8. The Morgan fingerprint density at radius 2 is 1.96 bits per heavy atom. The number of rotatable bonds is 4. The van der Waals surface area contributed by atoms with Crippen molar-refractivity contribution >= 4 is 5.97 Å². The summed E-state index contributed by atoms with van der Waals surface area (Å²) in [5.74, 6) is -0.219. The van der Waals surface area contributed by atoms with Crippen LogP contribution in [0.3, 0.4) is 0 Å². The van der Waals surface area contributed by atoms with Gasteiger partial charge in [-0.05, 0) is 44.9 Å². The highest BCUT2D eigenvalue weighted by atomic mass is 17.3. The lowest BCUT2D eigenvalue weighted by Crippen LogP contribution is -2.70.